The number of likely N-dealkylation sites (N-methyl/N-ethyl adjacent to an activating group) is 1. The van der Waals surface area contributed by atoms with Crippen LogP contribution in [-0.4, -0.2) is 55.2 Å². The van der Waals surface area contributed by atoms with E-state index in [0.29, 0.717) is 25.9 Å². The molecule has 0 saturated carbocycles. The van der Waals surface area contributed by atoms with Gasteiger partial charge in [-0.1, -0.05) is 13.8 Å². The van der Waals surface area contributed by atoms with Gasteiger partial charge in [0, 0.05) is 19.3 Å². The standard InChI is InChI=1S/C12H27NO3S/c1-7-12(14,8-2)10-13(5)9-11(3,4)17(6,15)16/h14H,7-10H2,1-6H3. The number of rotatable bonds is 7. The number of aliphatic hydroxyl groups is 1. The summed E-state index contributed by atoms with van der Waals surface area (Å²) in [4.78, 5) is 1.90. The van der Waals surface area contributed by atoms with E-state index in [1.165, 1.54) is 6.26 Å². The predicted molar refractivity (Wildman–Crippen MR) is 72.0 cm³/mol. The molecule has 0 amide bonds. The predicted octanol–water partition coefficient (Wildman–Crippen LogP) is 1.29. The van der Waals surface area contributed by atoms with Crippen molar-refractivity contribution < 1.29 is 13.5 Å². The van der Waals surface area contributed by atoms with Gasteiger partial charge in [0.05, 0.1) is 10.3 Å². The Morgan fingerprint density at radius 2 is 1.53 bits per heavy atom. The Morgan fingerprint density at radius 1 is 1.12 bits per heavy atom. The van der Waals surface area contributed by atoms with E-state index in [2.05, 4.69) is 0 Å². The molecular weight excluding hydrogens is 238 g/mol. The van der Waals surface area contributed by atoms with Crippen molar-refractivity contribution in [1.29, 1.82) is 0 Å². The molecule has 5 heteroatoms. The Morgan fingerprint density at radius 3 is 1.82 bits per heavy atom. The van der Waals surface area contributed by atoms with Crippen molar-refractivity contribution in [1.82, 2.24) is 4.90 Å². The maximum atomic E-state index is 11.6. The van der Waals surface area contributed by atoms with Crippen LogP contribution in [0.25, 0.3) is 0 Å². The van der Waals surface area contributed by atoms with Crippen molar-refractivity contribution in [2.45, 2.75) is 50.9 Å². The summed E-state index contributed by atoms with van der Waals surface area (Å²) in [5.41, 5.74) is -0.720. The van der Waals surface area contributed by atoms with E-state index in [0.717, 1.165) is 0 Å². The lowest BCUT2D eigenvalue weighted by Crippen LogP contribution is -2.48. The highest BCUT2D eigenvalue weighted by Crippen LogP contribution is 2.20. The zero-order chi connectivity index (χ0) is 13.9. The summed E-state index contributed by atoms with van der Waals surface area (Å²) in [6.45, 7) is 8.25. The molecule has 0 heterocycles. The van der Waals surface area contributed by atoms with Gasteiger partial charge in [0.2, 0.25) is 0 Å². The van der Waals surface area contributed by atoms with Gasteiger partial charge in [-0.3, -0.25) is 0 Å². The SMILES string of the molecule is CCC(O)(CC)CN(C)CC(C)(C)S(C)(=O)=O. The lowest BCUT2D eigenvalue weighted by molar-refractivity contribution is 0.00166. The van der Waals surface area contributed by atoms with Gasteiger partial charge in [-0.25, -0.2) is 8.42 Å². The number of nitrogens with zero attached hydrogens (tertiary/aromatic N) is 1. The first kappa shape index (κ1) is 16.9. The van der Waals surface area contributed by atoms with Crippen molar-refractivity contribution in [2.75, 3.05) is 26.4 Å². The second-order valence-corrected chi connectivity index (χ2v) is 8.29. The van der Waals surface area contributed by atoms with Crippen molar-refractivity contribution in [3.05, 3.63) is 0 Å². The molecule has 0 fully saturated rings. The third-order valence-corrected chi connectivity index (χ3v) is 5.67. The molecule has 0 spiro atoms. The summed E-state index contributed by atoms with van der Waals surface area (Å²) in [5, 5.41) is 10.2. The lowest BCUT2D eigenvalue weighted by Gasteiger charge is -2.34. The summed E-state index contributed by atoms with van der Waals surface area (Å²) < 4.78 is 22.4. The van der Waals surface area contributed by atoms with Gasteiger partial charge in [-0.05, 0) is 33.7 Å². The van der Waals surface area contributed by atoms with Crippen molar-refractivity contribution in [3.63, 3.8) is 0 Å². The maximum Gasteiger partial charge on any atom is 0.153 e. The van der Waals surface area contributed by atoms with Gasteiger partial charge in [0.25, 0.3) is 0 Å². The van der Waals surface area contributed by atoms with Crippen LogP contribution in [0.1, 0.15) is 40.5 Å². The van der Waals surface area contributed by atoms with Gasteiger partial charge in [-0.2, -0.15) is 0 Å². The topological polar surface area (TPSA) is 57.6 Å². The third kappa shape index (κ3) is 4.94. The van der Waals surface area contributed by atoms with E-state index < -0.39 is 20.2 Å². The van der Waals surface area contributed by atoms with E-state index in [4.69, 9.17) is 0 Å². The van der Waals surface area contributed by atoms with Gasteiger partial charge < -0.3 is 10.0 Å². The molecule has 0 aliphatic carbocycles. The van der Waals surface area contributed by atoms with Crippen molar-refractivity contribution in [3.8, 4) is 0 Å². The largest absolute Gasteiger partial charge is 0.389 e. The minimum Gasteiger partial charge on any atom is -0.389 e. The van der Waals surface area contributed by atoms with Gasteiger partial charge >= 0.3 is 0 Å². The van der Waals surface area contributed by atoms with Crippen LogP contribution in [0.15, 0.2) is 0 Å². The fourth-order valence-electron chi connectivity index (χ4n) is 1.80. The van der Waals surface area contributed by atoms with E-state index in [1.54, 1.807) is 13.8 Å². The average molecular weight is 265 g/mol. The Hall–Kier alpha value is -0.130. The van der Waals surface area contributed by atoms with Crippen LogP contribution in [-0.2, 0) is 9.84 Å². The summed E-state index contributed by atoms with van der Waals surface area (Å²) in [6, 6.07) is 0. The molecule has 0 aromatic carbocycles. The van der Waals surface area contributed by atoms with E-state index in [1.807, 2.05) is 25.8 Å². The van der Waals surface area contributed by atoms with E-state index in [9.17, 15) is 13.5 Å². The summed E-state index contributed by atoms with van der Waals surface area (Å²) in [7, 11) is -1.24. The molecule has 0 aliphatic heterocycles. The normalized spacial score (nSPS) is 14.4. The second-order valence-electron chi connectivity index (χ2n) is 5.64. The molecule has 1 N–H and O–H groups in total. The zero-order valence-electron chi connectivity index (χ0n) is 11.9. The first-order chi connectivity index (χ1) is 7.47. The maximum absolute atomic E-state index is 11.6. The summed E-state index contributed by atoms with van der Waals surface area (Å²) >= 11 is 0. The highest BCUT2D eigenvalue weighted by molar-refractivity contribution is 7.92. The highest BCUT2D eigenvalue weighted by Gasteiger charge is 2.33. The fourth-order valence-corrected chi connectivity index (χ4v) is 2.25. The molecule has 0 aromatic heterocycles. The van der Waals surface area contributed by atoms with Crippen LogP contribution in [0.2, 0.25) is 0 Å². The van der Waals surface area contributed by atoms with Gasteiger partial charge in [0.1, 0.15) is 0 Å². The Labute approximate surface area is 106 Å². The zero-order valence-corrected chi connectivity index (χ0v) is 12.8. The van der Waals surface area contributed by atoms with Gasteiger partial charge in [0.15, 0.2) is 9.84 Å². The molecular formula is C12H27NO3S. The number of sulfone groups is 1. The molecule has 0 saturated heterocycles. The van der Waals surface area contributed by atoms with Crippen molar-refractivity contribution >= 4 is 9.84 Å². The van der Waals surface area contributed by atoms with Crippen LogP contribution in [0.4, 0.5) is 0 Å². The third-order valence-electron chi connectivity index (χ3n) is 3.53. The number of hydrogen-bond donors (Lipinski definition) is 1. The highest BCUT2D eigenvalue weighted by atomic mass is 32.2. The monoisotopic (exact) mass is 265 g/mol. The first-order valence-corrected chi connectivity index (χ1v) is 7.97. The molecule has 4 nitrogen and oxygen atoms in total. The van der Waals surface area contributed by atoms with Crippen LogP contribution in [0.3, 0.4) is 0 Å². The van der Waals surface area contributed by atoms with Crippen LogP contribution in [0, 0.1) is 0 Å². The quantitative estimate of drug-likeness (QED) is 0.753. The Balaban J connectivity index is 4.62. The first-order valence-electron chi connectivity index (χ1n) is 6.08. The van der Waals surface area contributed by atoms with Crippen molar-refractivity contribution in [2.24, 2.45) is 0 Å². The fraction of sp³-hybridized carbons (Fsp3) is 1.00. The molecule has 0 bridgehead atoms. The molecule has 0 aliphatic rings. The average Bonchev–Trinajstić information content (AvgIpc) is 2.14. The summed E-state index contributed by atoms with van der Waals surface area (Å²) in [5.74, 6) is 0. The molecule has 0 radical (unpaired) electrons. The molecule has 0 atom stereocenters. The molecule has 17 heavy (non-hydrogen) atoms. The van der Waals surface area contributed by atoms with E-state index in [-0.39, 0.29) is 0 Å². The molecule has 0 unspecified atom stereocenters. The molecule has 104 valence electrons. The molecule has 0 rings (SSSR count). The Bertz CT molecular complexity index is 332. The summed E-state index contributed by atoms with van der Waals surface area (Å²) in [6.07, 6.45) is 2.60. The minimum absolute atomic E-state index is 0.425. The smallest absolute Gasteiger partial charge is 0.153 e. The minimum atomic E-state index is -3.09. The van der Waals surface area contributed by atoms with Crippen LogP contribution in [0.5, 0.6) is 0 Å². The Kier molecular flexibility index (Phi) is 5.63. The van der Waals surface area contributed by atoms with Crippen LogP contribution >= 0.6 is 0 Å². The van der Waals surface area contributed by atoms with Crippen LogP contribution < -0.4 is 0 Å². The number of hydrogen-bond acceptors (Lipinski definition) is 4. The lowest BCUT2D eigenvalue weighted by atomic mass is 9.96. The van der Waals surface area contributed by atoms with Gasteiger partial charge in [-0.15, -0.1) is 0 Å². The molecule has 0 aromatic rings. The van der Waals surface area contributed by atoms with E-state index >= 15 is 0 Å². The second kappa shape index (κ2) is 5.67.